The molecule has 0 saturated carbocycles. The first-order chi connectivity index (χ1) is 6.90. The molecule has 4 heteroatoms. The fraction of sp³-hybridized carbons (Fsp3) is 0.917. The summed E-state index contributed by atoms with van der Waals surface area (Å²) < 4.78 is 0. The summed E-state index contributed by atoms with van der Waals surface area (Å²) in [5.74, 6) is 0. The van der Waals surface area contributed by atoms with Crippen molar-refractivity contribution >= 4 is 6.34 Å². The normalized spacial score (nSPS) is 13.9. The maximum atomic E-state index is 4.34. The third-order valence-corrected chi connectivity index (χ3v) is 2.33. The molecule has 16 heavy (non-hydrogen) atoms. The minimum absolute atomic E-state index is 0. The van der Waals surface area contributed by atoms with E-state index >= 15 is 0 Å². The van der Waals surface area contributed by atoms with Gasteiger partial charge in [0, 0.05) is 22.8 Å². The van der Waals surface area contributed by atoms with Gasteiger partial charge in [-0.1, -0.05) is 34.6 Å². The van der Waals surface area contributed by atoms with Gasteiger partial charge in [0.1, 0.15) is 0 Å². The molecule has 1 radical (unpaired) electrons. The van der Waals surface area contributed by atoms with Crippen molar-refractivity contribution < 1.29 is 16.8 Å². The van der Waals surface area contributed by atoms with Crippen LogP contribution in [0.1, 0.15) is 41.5 Å². The molecule has 0 aromatic carbocycles. The molecule has 0 N–H and O–H groups in total. The van der Waals surface area contributed by atoms with Gasteiger partial charge in [-0.15, -0.1) is 6.34 Å². The smallest absolute Gasteiger partial charge is 0.00597 e. The number of rotatable bonds is 6. The summed E-state index contributed by atoms with van der Waals surface area (Å²) >= 11 is 0. The summed E-state index contributed by atoms with van der Waals surface area (Å²) in [6.07, 6.45) is 1.71. The van der Waals surface area contributed by atoms with Crippen LogP contribution < -0.4 is 0 Å². The Balaban J connectivity index is 0. The van der Waals surface area contributed by atoms with Crippen LogP contribution in [0.25, 0.3) is 5.32 Å². The Bertz CT molecular complexity index is 183. The summed E-state index contributed by atoms with van der Waals surface area (Å²) in [5, 5.41) is 4.34. The fourth-order valence-electron chi connectivity index (χ4n) is 1.38. The Morgan fingerprint density at radius 1 is 1.25 bits per heavy atom. The van der Waals surface area contributed by atoms with Gasteiger partial charge >= 0.3 is 0 Å². The van der Waals surface area contributed by atoms with Crippen LogP contribution in [0.2, 0.25) is 0 Å². The van der Waals surface area contributed by atoms with E-state index in [2.05, 4.69) is 56.8 Å². The molecular formula is C12H26CoN3-. The molecule has 0 fully saturated rings. The minimum atomic E-state index is -0.0120. The fourth-order valence-corrected chi connectivity index (χ4v) is 1.38. The third kappa shape index (κ3) is 9.18. The van der Waals surface area contributed by atoms with Crippen molar-refractivity contribution in [2.45, 2.75) is 53.1 Å². The van der Waals surface area contributed by atoms with Crippen molar-refractivity contribution in [3.63, 3.8) is 0 Å². The predicted octanol–water partition coefficient (Wildman–Crippen LogP) is 2.91. The van der Waals surface area contributed by atoms with Crippen LogP contribution >= 0.6 is 0 Å². The molecule has 0 aromatic heterocycles. The van der Waals surface area contributed by atoms with Crippen molar-refractivity contribution in [1.29, 1.82) is 0 Å². The second-order valence-corrected chi connectivity index (χ2v) is 4.85. The first kappa shape index (κ1) is 18.3. The maximum absolute atomic E-state index is 4.34. The zero-order valence-electron chi connectivity index (χ0n) is 11.5. The van der Waals surface area contributed by atoms with E-state index in [0.717, 1.165) is 19.6 Å². The van der Waals surface area contributed by atoms with E-state index in [0.29, 0.717) is 6.04 Å². The van der Waals surface area contributed by atoms with E-state index in [9.17, 15) is 0 Å². The summed E-state index contributed by atoms with van der Waals surface area (Å²) in [7, 11) is 0. The number of nitrogens with zero attached hydrogens (tertiary/aromatic N) is 3. The Morgan fingerprint density at radius 2 is 1.75 bits per heavy atom. The molecule has 0 bridgehead atoms. The number of hydrogen-bond donors (Lipinski definition) is 0. The molecule has 0 amide bonds. The molecule has 0 aliphatic rings. The molecule has 0 heterocycles. The summed E-state index contributed by atoms with van der Waals surface area (Å²) in [6, 6.07) is 0.506. The van der Waals surface area contributed by atoms with E-state index in [1.54, 1.807) is 6.34 Å². The average Bonchev–Trinajstić information content (AvgIpc) is 2.13. The van der Waals surface area contributed by atoms with Gasteiger partial charge in [-0.3, -0.25) is 0 Å². The van der Waals surface area contributed by atoms with Crippen LogP contribution in [0.15, 0.2) is 4.99 Å². The van der Waals surface area contributed by atoms with Crippen molar-refractivity contribution in [3.8, 4) is 0 Å². The number of aliphatic imine (C=N–C) groups is 1. The molecule has 99 valence electrons. The van der Waals surface area contributed by atoms with Gasteiger partial charge in [-0.25, -0.2) is 0 Å². The second kappa shape index (κ2) is 9.02. The van der Waals surface area contributed by atoms with Crippen molar-refractivity contribution in [3.05, 3.63) is 5.32 Å². The molecule has 0 aliphatic carbocycles. The van der Waals surface area contributed by atoms with Gasteiger partial charge in [0.15, 0.2) is 0 Å². The largest absolute Gasteiger partial charge is 0.470 e. The van der Waals surface area contributed by atoms with Gasteiger partial charge in [0.25, 0.3) is 0 Å². The Labute approximate surface area is 111 Å². The van der Waals surface area contributed by atoms with E-state index in [4.69, 9.17) is 0 Å². The Hall–Kier alpha value is -0.0635. The molecule has 1 atom stereocenters. The molecule has 1 unspecified atom stereocenters. The van der Waals surface area contributed by atoms with E-state index in [1.165, 1.54) is 0 Å². The Morgan fingerprint density at radius 3 is 2.12 bits per heavy atom. The number of likely N-dealkylation sites (N-methyl/N-ethyl adjacent to an activating group) is 1. The SMILES string of the molecule is CCN(CC)C(C)C[N-]C=NC(C)(C)C.[Co]. The topological polar surface area (TPSA) is 29.7 Å². The van der Waals surface area contributed by atoms with Crippen LogP contribution in [0, 0.1) is 0 Å². The standard InChI is InChI=1S/C12H26N3.Co/c1-7-15(8-2)11(3)9-13-10-14-12(4,5)6;/h10-11H,7-9H2,1-6H3;/q-1;. The molecule has 0 saturated heterocycles. The quantitative estimate of drug-likeness (QED) is 0.539. The monoisotopic (exact) mass is 271 g/mol. The Kier molecular flexibility index (Phi) is 10.3. The van der Waals surface area contributed by atoms with Crippen LogP contribution in [0.4, 0.5) is 0 Å². The summed E-state index contributed by atoms with van der Waals surface area (Å²) in [6.45, 7) is 15.8. The summed E-state index contributed by atoms with van der Waals surface area (Å²) in [4.78, 5) is 6.73. The average molecular weight is 271 g/mol. The first-order valence-corrected chi connectivity index (χ1v) is 5.85. The zero-order valence-corrected chi connectivity index (χ0v) is 12.5. The van der Waals surface area contributed by atoms with Crippen molar-refractivity contribution in [2.75, 3.05) is 19.6 Å². The second-order valence-electron chi connectivity index (χ2n) is 4.85. The van der Waals surface area contributed by atoms with Gasteiger partial charge in [0.2, 0.25) is 0 Å². The molecule has 0 aliphatic heterocycles. The van der Waals surface area contributed by atoms with Crippen LogP contribution in [-0.4, -0.2) is 42.5 Å². The van der Waals surface area contributed by atoms with Crippen molar-refractivity contribution in [1.82, 2.24) is 4.90 Å². The molecule has 0 rings (SSSR count). The predicted molar refractivity (Wildman–Crippen MR) is 68.9 cm³/mol. The zero-order chi connectivity index (χ0) is 11.9. The van der Waals surface area contributed by atoms with Gasteiger partial charge in [-0.2, -0.15) is 0 Å². The summed E-state index contributed by atoms with van der Waals surface area (Å²) in [5.41, 5.74) is -0.0120. The van der Waals surface area contributed by atoms with Gasteiger partial charge < -0.3 is 15.2 Å². The third-order valence-electron chi connectivity index (χ3n) is 2.33. The number of hydrogen-bond acceptors (Lipinski definition) is 2. The van der Waals surface area contributed by atoms with Crippen LogP contribution in [-0.2, 0) is 16.8 Å². The van der Waals surface area contributed by atoms with E-state index in [1.807, 2.05) is 0 Å². The maximum Gasteiger partial charge on any atom is 0.00597 e. The van der Waals surface area contributed by atoms with E-state index < -0.39 is 0 Å². The molecule has 3 nitrogen and oxygen atoms in total. The van der Waals surface area contributed by atoms with Gasteiger partial charge in [-0.05, 0) is 32.1 Å². The molecular weight excluding hydrogens is 245 g/mol. The minimum Gasteiger partial charge on any atom is -0.470 e. The first-order valence-electron chi connectivity index (χ1n) is 5.85. The molecule has 0 aromatic rings. The van der Waals surface area contributed by atoms with Crippen molar-refractivity contribution in [2.24, 2.45) is 4.99 Å². The van der Waals surface area contributed by atoms with Gasteiger partial charge in [0.05, 0.1) is 0 Å². The van der Waals surface area contributed by atoms with Crippen LogP contribution in [0.3, 0.4) is 0 Å². The van der Waals surface area contributed by atoms with Crippen LogP contribution in [0.5, 0.6) is 0 Å². The van der Waals surface area contributed by atoms with E-state index in [-0.39, 0.29) is 22.3 Å². The molecule has 0 spiro atoms.